The van der Waals surface area contributed by atoms with Gasteiger partial charge in [-0.15, -0.1) is 0 Å². The Balaban J connectivity index is 1.26. The maximum atomic E-state index is 13.1. The van der Waals surface area contributed by atoms with Crippen LogP contribution in [-0.4, -0.2) is 23.3 Å². The summed E-state index contributed by atoms with van der Waals surface area (Å²) < 4.78 is 5.50. The molecule has 152 valence electrons. The predicted molar refractivity (Wildman–Crippen MR) is 111 cm³/mol. The Kier molecular flexibility index (Phi) is 4.49. The quantitative estimate of drug-likeness (QED) is 0.692. The third kappa shape index (κ3) is 3.27. The van der Waals surface area contributed by atoms with E-state index in [1.54, 1.807) is 0 Å². The molecular weight excluding hydrogens is 362 g/mol. The van der Waals surface area contributed by atoms with Gasteiger partial charge in [0.05, 0.1) is 11.9 Å². The van der Waals surface area contributed by atoms with E-state index in [0.717, 1.165) is 64.7 Å². The van der Waals surface area contributed by atoms with E-state index in [9.17, 15) is 9.59 Å². The highest BCUT2D eigenvalue weighted by Gasteiger charge is 2.54. The van der Waals surface area contributed by atoms with Crippen LogP contribution in [0.4, 0.5) is 0 Å². The molecule has 0 aliphatic heterocycles. The van der Waals surface area contributed by atoms with Gasteiger partial charge in [0.25, 0.3) is 0 Å². The van der Waals surface area contributed by atoms with Crippen LogP contribution < -0.4 is 0 Å². The third-order valence-electron chi connectivity index (χ3n) is 7.80. The zero-order chi connectivity index (χ0) is 20.2. The number of carbonyl (C=O) groups excluding carboxylic acids is 2. The lowest BCUT2D eigenvalue weighted by Gasteiger charge is -2.55. The molecule has 1 aromatic carbocycles. The Morgan fingerprint density at radius 1 is 1.03 bits per heavy atom. The molecule has 0 amide bonds. The molecule has 0 radical (unpaired) electrons. The molecule has 4 fully saturated rings. The molecule has 1 heterocycles. The summed E-state index contributed by atoms with van der Waals surface area (Å²) in [5.41, 5.74) is 3.57. The van der Waals surface area contributed by atoms with Crippen LogP contribution in [0.1, 0.15) is 55.3 Å². The van der Waals surface area contributed by atoms with Crippen molar-refractivity contribution in [3.05, 3.63) is 41.1 Å². The second-order valence-electron chi connectivity index (χ2n) is 9.78. The minimum absolute atomic E-state index is 0.0654. The van der Waals surface area contributed by atoms with E-state index in [0.29, 0.717) is 0 Å². The highest BCUT2D eigenvalue weighted by molar-refractivity contribution is 5.89. The van der Waals surface area contributed by atoms with Crippen molar-refractivity contribution in [1.82, 2.24) is 4.98 Å². The average molecular weight is 392 g/mol. The van der Waals surface area contributed by atoms with Gasteiger partial charge >= 0.3 is 5.97 Å². The molecule has 0 saturated heterocycles. The summed E-state index contributed by atoms with van der Waals surface area (Å²) in [5, 5.41) is 1.06. The zero-order valence-corrected chi connectivity index (χ0v) is 17.4. The molecule has 0 spiro atoms. The van der Waals surface area contributed by atoms with E-state index in [1.165, 1.54) is 19.3 Å². The van der Waals surface area contributed by atoms with Crippen molar-refractivity contribution in [3.8, 4) is 0 Å². The number of aryl methyl sites for hydroxylation is 2. The summed E-state index contributed by atoms with van der Waals surface area (Å²) in [5.74, 6) is 1.99. The van der Waals surface area contributed by atoms with Gasteiger partial charge in [-0.25, -0.2) is 0 Å². The van der Waals surface area contributed by atoms with E-state index in [1.807, 2.05) is 38.1 Å². The molecule has 29 heavy (non-hydrogen) atoms. The van der Waals surface area contributed by atoms with Crippen LogP contribution >= 0.6 is 0 Å². The number of nitrogens with zero attached hydrogens (tertiary/aromatic N) is 1. The number of fused-ring (bicyclic) bond motifs is 1. The Hall–Kier alpha value is -2.23. The number of carbonyl (C=O) groups is 2. The number of ether oxygens (including phenoxy) is 1. The van der Waals surface area contributed by atoms with E-state index in [4.69, 9.17) is 4.74 Å². The van der Waals surface area contributed by atoms with Gasteiger partial charge < -0.3 is 4.74 Å². The topological polar surface area (TPSA) is 56.3 Å². The van der Waals surface area contributed by atoms with Crippen LogP contribution in [-0.2, 0) is 20.7 Å². The van der Waals surface area contributed by atoms with Gasteiger partial charge in [-0.3, -0.25) is 14.6 Å². The largest absolute Gasteiger partial charge is 0.457 e. The van der Waals surface area contributed by atoms with Crippen LogP contribution in [0.5, 0.6) is 0 Å². The molecule has 0 atom stereocenters. The SMILES string of the molecule is Cc1nc2ccccc2c(C)c1CC(=O)OCC(=O)C12CC3CC(CC(C3)C1)C2. The second kappa shape index (κ2) is 6.93. The van der Waals surface area contributed by atoms with Crippen LogP contribution in [0, 0.1) is 37.0 Å². The minimum Gasteiger partial charge on any atom is -0.457 e. The maximum absolute atomic E-state index is 13.1. The Bertz CT molecular complexity index is 958. The van der Waals surface area contributed by atoms with Crippen LogP contribution in [0.3, 0.4) is 0 Å². The number of para-hydroxylation sites is 1. The number of hydrogen-bond donors (Lipinski definition) is 0. The summed E-state index contributed by atoms with van der Waals surface area (Å²) >= 11 is 0. The van der Waals surface area contributed by atoms with E-state index >= 15 is 0 Å². The second-order valence-corrected chi connectivity index (χ2v) is 9.78. The van der Waals surface area contributed by atoms with Crippen LogP contribution in [0.2, 0.25) is 0 Å². The Morgan fingerprint density at radius 3 is 2.31 bits per heavy atom. The van der Waals surface area contributed by atoms with Crippen molar-refractivity contribution in [2.24, 2.45) is 23.2 Å². The maximum Gasteiger partial charge on any atom is 0.310 e. The summed E-state index contributed by atoms with van der Waals surface area (Å²) in [4.78, 5) is 30.3. The molecule has 0 N–H and O–H groups in total. The first-order valence-electron chi connectivity index (χ1n) is 11.0. The van der Waals surface area contributed by atoms with Gasteiger partial charge in [0.15, 0.2) is 12.4 Å². The number of aromatic nitrogens is 1. The van der Waals surface area contributed by atoms with Crippen molar-refractivity contribution in [1.29, 1.82) is 0 Å². The van der Waals surface area contributed by atoms with Crippen molar-refractivity contribution in [2.75, 3.05) is 6.61 Å². The number of esters is 1. The standard InChI is InChI=1S/C25H29NO3/c1-15-20-5-3-4-6-22(20)26-16(2)21(15)10-24(28)29-14-23(27)25-11-17-7-18(12-25)9-19(8-17)13-25/h3-6,17-19H,7-14H2,1-2H3. The van der Waals surface area contributed by atoms with Gasteiger partial charge in [-0.05, 0) is 87.3 Å². The molecule has 1 aromatic heterocycles. The first-order valence-corrected chi connectivity index (χ1v) is 11.0. The number of benzene rings is 1. The lowest BCUT2D eigenvalue weighted by Crippen LogP contribution is -2.51. The molecule has 4 aliphatic carbocycles. The van der Waals surface area contributed by atoms with Crippen molar-refractivity contribution in [2.45, 2.75) is 58.8 Å². The van der Waals surface area contributed by atoms with Gasteiger partial charge in [-0.2, -0.15) is 0 Å². The van der Waals surface area contributed by atoms with Crippen LogP contribution in [0.25, 0.3) is 10.9 Å². The van der Waals surface area contributed by atoms with E-state index in [2.05, 4.69) is 4.98 Å². The number of Topliss-reactive ketones (excluding diaryl/α,β-unsaturated/α-hetero) is 1. The molecule has 4 bridgehead atoms. The molecular formula is C25H29NO3. The van der Waals surface area contributed by atoms with Gasteiger partial charge in [-0.1, -0.05) is 18.2 Å². The third-order valence-corrected chi connectivity index (χ3v) is 7.80. The number of rotatable bonds is 5. The fourth-order valence-corrected chi connectivity index (χ4v) is 6.78. The summed E-state index contributed by atoms with van der Waals surface area (Å²) in [7, 11) is 0. The van der Waals surface area contributed by atoms with Gasteiger partial charge in [0.2, 0.25) is 0 Å². The number of pyridine rings is 1. The molecule has 6 rings (SSSR count). The van der Waals surface area contributed by atoms with Crippen molar-refractivity contribution < 1.29 is 14.3 Å². The lowest BCUT2D eigenvalue weighted by molar-refractivity contribution is -0.157. The molecule has 4 saturated carbocycles. The fourth-order valence-electron chi connectivity index (χ4n) is 6.78. The molecule has 4 heteroatoms. The predicted octanol–water partition coefficient (Wildman–Crippen LogP) is 4.72. The Morgan fingerprint density at radius 2 is 1.66 bits per heavy atom. The Labute approximate surface area is 172 Å². The monoisotopic (exact) mass is 391 g/mol. The van der Waals surface area contributed by atoms with Gasteiger partial charge in [0.1, 0.15) is 0 Å². The summed E-state index contributed by atoms with van der Waals surface area (Å²) in [6.07, 6.45) is 7.13. The average Bonchev–Trinajstić information content (AvgIpc) is 2.68. The zero-order valence-electron chi connectivity index (χ0n) is 17.4. The minimum atomic E-state index is -0.327. The number of ketones is 1. The fraction of sp³-hybridized carbons (Fsp3) is 0.560. The molecule has 2 aromatic rings. The van der Waals surface area contributed by atoms with Crippen molar-refractivity contribution >= 4 is 22.7 Å². The summed E-state index contributed by atoms with van der Waals surface area (Å²) in [6.45, 7) is 3.90. The summed E-state index contributed by atoms with van der Waals surface area (Å²) in [6, 6.07) is 7.97. The molecule has 4 aliphatic rings. The number of hydrogen-bond acceptors (Lipinski definition) is 4. The first kappa shape index (κ1) is 18.8. The van der Waals surface area contributed by atoms with Crippen molar-refractivity contribution in [3.63, 3.8) is 0 Å². The molecule has 4 nitrogen and oxygen atoms in total. The smallest absolute Gasteiger partial charge is 0.310 e. The normalized spacial score (nSPS) is 29.9. The lowest BCUT2D eigenvalue weighted by atomic mass is 9.48. The molecule has 0 unspecified atom stereocenters. The van der Waals surface area contributed by atoms with E-state index in [-0.39, 0.29) is 30.2 Å². The first-order chi connectivity index (χ1) is 13.9. The van der Waals surface area contributed by atoms with Gasteiger partial charge in [0, 0.05) is 16.5 Å². The van der Waals surface area contributed by atoms with E-state index < -0.39 is 0 Å². The highest BCUT2D eigenvalue weighted by atomic mass is 16.5. The van der Waals surface area contributed by atoms with Crippen LogP contribution in [0.15, 0.2) is 24.3 Å². The highest BCUT2D eigenvalue weighted by Crippen LogP contribution is 2.60.